The highest BCUT2D eigenvalue weighted by Gasteiger charge is 2.25. The molecule has 0 aliphatic heterocycles. The summed E-state index contributed by atoms with van der Waals surface area (Å²) < 4.78 is 11.6. The van der Waals surface area contributed by atoms with Crippen molar-refractivity contribution in [1.29, 1.82) is 0 Å². The summed E-state index contributed by atoms with van der Waals surface area (Å²) in [6.45, 7) is 9.20. The topological polar surface area (TPSA) is 54.9 Å². The van der Waals surface area contributed by atoms with Crippen LogP contribution in [0.25, 0.3) is 0 Å². The Balaban J connectivity index is 0.00000312. The van der Waals surface area contributed by atoms with E-state index < -0.39 is 0 Å². The van der Waals surface area contributed by atoms with E-state index in [1.807, 2.05) is 0 Å². The minimum absolute atomic E-state index is 0. The van der Waals surface area contributed by atoms with Gasteiger partial charge in [-0.2, -0.15) is 0 Å². The Hall–Kier alpha value is -0.0800. The van der Waals surface area contributed by atoms with E-state index in [9.17, 15) is 0 Å². The molecule has 2 aliphatic carbocycles. The van der Waals surface area contributed by atoms with Gasteiger partial charge in [0.2, 0.25) is 0 Å². The SMILES string of the molecule is CCNC(=NCCC(OCC)C1CCCC1)NCCOCC1CC1.I. The Kier molecular flexibility index (Phi) is 12.9. The summed E-state index contributed by atoms with van der Waals surface area (Å²) in [5.74, 6) is 2.47. The van der Waals surface area contributed by atoms with E-state index in [-0.39, 0.29) is 24.0 Å². The molecule has 2 fully saturated rings. The minimum atomic E-state index is 0. The average Bonchev–Trinajstić information content (AvgIpc) is 3.24. The lowest BCUT2D eigenvalue weighted by Gasteiger charge is -2.22. The number of nitrogens with zero attached hydrogens (tertiary/aromatic N) is 1. The van der Waals surface area contributed by atoms with Crippen molar-refractivity contribution in [3.05, 3.63) is 0 Å². The second-order valence-corrected chi connectivity index (χ2v) is 7.03. The maximum absolute atomic E-state index is 5.98. The average molecular weight is 467 g/mol. The summed E-state index contributed by atoms with van der Waals surface area (Å²) in [5, 5.41) is 6.68. The number of hydrogen-bond acceptors (Lipinski definition) is 3. The van der Waals surface area contributed by atoms with Gasteiger partial charge in [-0.05, 0) is 57.8 Å². The van der Waals surface area contributed by atoms with Gasteiger partial charge in [-0.15, -0.1) is 24.0 Å². The van der Waals surface area contributed by atoms with Gasteiger partial charge >= 0.3 is 0 Å². The molecule has 0 saturated heterocycles. The zero-order valence-corrected chi connectivity index (χ0v) is 18.4. The summed E-state index contributed by atoms with van der Waals surface area (Å²) >= 11 is 0. The predicted octanol–water partition coefficient (Wildman–Crippen LogP) is 3.57. The zero-order chi connectivity index (χ0) is 17.0. The van der Waals surface area contributed by atoms with Gasteiger partial charge in [-0.1, -0.05) is 12.8 Å². The molecule has 2 N–H and O–H groups in total. The molecule has 6 heteroatoms. The molecule has 0 aromatic carbocycles. The van der Waals surface area contributed by atoms with Crippen molar-refractivity contribution in [3.8, 4) is 0 Å². The van der Waals surface area contributed by atoms with Crippen molar-refractivity contribution >= 4 is 29.9 Å². The van der Waals surface area contributed by atoms with Crippen LogP contribution in [-0.2, 0) is 9.47 Å². The first-order valence-corrected chi connectivity index (χ1v) is 10.0. The van der Waals surface area contributed by atoms with E-state index in [0.29, 0.717) is 6.10 Å². The normalized spacial score (nSPS) is 19.5. The third kappa shape index (κ3) is 9.99. The van der Waals surface area contributed by atoms with Crippen LogP contribution in [0.4, 0.5) is 0 Å². The highest BCUT2D eigenvalue weighted by Crippen LogP contribution is 2.30. The molecule has 0 radical (unpaired) electrons. The third-order valence-electron chi connectivity index (χ3n) is 4.92. The van der Waals surface area contributed by atoms with Crippen LogP contribution < -0.4 is 10.6 Å². The Morgan fingerprint density at radius 2 is 1.88 bits per heavy atom. The fraction of sp³-hybridized carbons (Fsp3) is 0.947. The highest BCUT2D eigenvalue weighted by atomic mass is 127. The van der Waals surface area contributed by atoms with Crippen LogP contribution in [0.15, 0.2) is 4.99 Å². The highest BCUT2D eigenvalue weighted by molar-refractivity contribution is 14.0. The van der Waals surface area contributed by atoms with Crippen molar-refractivity contribution in [2.24, 2.45) is 16.8 Å². The molecule has 0 amide bonds. The van der Waals surface area contributed by atoms with Gasteiger partial charge in [0.25, 0.3) is 0 Å². The number of nitrogens with one attached hydrogen (secondary N) is 2. The van der Waals surface area contributed by atoms with Crippen LogP contribution in [0.5, 0.6) is 0 Å². The Morgan fingerprint density at radius 3 is 2.52 bits per heavy atom. The molecule has 2 saturated carbocycles. The molecule has 0 bridgehead atoms. The molecular weight excluding hydrogens is 429 g/mol. The van der Waals surface area contributed by atoms with E-state index in [1.165, 1.54) is 38.5 Å². The Bertz CT molecular complexity index is 359. The quantitative estimate of drug-likeness (QED) is 0.200. The molecule has 5 nitrogen and oxygen atoms in total. The van der Waals surface area contributed by atoms with Crippen molar-refractivity contribution in [3.63, 3.8) is 0 Å². The monoisotopic (exact) mass is 467 g/mol. The van der Waals surface area contributed by atoms with Crippen LogP contribution in [0, 0.1) is 11.8 Å². The maximum atomic E-state index is 5.98. The summed E-state index contributed by atoms with van der Waals surface area (Å²) in [6.07, 6.45) is 9.47. The van der Waals surface area contributed by atoms with E-state index in [1.54, 1.807) is 0 Å². The van der Waals surface area contributed by atoms with Gasteiger partial charge in [0, 0.05) is 32.8 Å². The molecule has 0 aromatic heterocycles. The number of ether oxygens (including phenoxy) is 2. The number of rotatable bonds is 12. The summed E-state index contributed by atoms with van der Waals surface area (Å²) in [7, 11) is 0. The van der Waals surface area contributed by atoms with Crippen molar-refractivity contribution in [1.82, 2.24) is 10.6 Å². The second-order valence-electron chi connectivity index (χ2n) is 7.03. The lowest BCUT2D eigenvalue weighted by molar-refractivity contribution is 0.0177. The standard InChI is InChI=1S/C19H37N3O2.HI/c1-3-20-19(22-13-14-23-15-16-9-10-16)21-12-11-18(24-4-2)17-7-5-6-8-17;/h16-18H,3-15H2,1-2H3,(H2,20,21,22);1H. The first kappa shape index (κ1) is 23.0. The Morgan fingerprint density at radius 1 is 1.12 bits per heavy atom. The number of halogens is 1. The number of hydrogen-bond donors (Lipinski definition) is 2. The van der Waals surface area contributed by atoms with Gasteiger partial charge in [-0.3, -0.25) is 4.99 Å². The largest absolute Gasteiger partial charge is 0.379 e. The van der Waals surface area contributed by atoms with E-state index in [0.717, 1.165) is 63.7 Å². The first-order chi connectivity index (χ1) is 11.8. The molecule has 148 valence electrons. The molecule has 1 atom stereocenters. The van der Waals surface area contributed by atoms with Gasteiger partial charge < -0.3 is 20.1 Å². The lowest BCUT2D eigenvalue weighted by atomic mass is 9.98. The third-order valence-corrected chi connectivity index (χ3v) is 4.92. The molecule has 0 aromatic rings. The second kappa shape index (κ2) is 14.0. The van der Waals surface area contributed by atoms with E-state index in [2.05, 4.69) is 24.5 Å². The van der Waals surface area contributed by atoms with Gasteiger partial charge in [0.15, 0.2) is 5.96 Å². The van der Waals surface area contributed by atoms with Crippen molar-refractivity contribution in [2.75, 3.05) is 39.5 Å². The van der Waals surface area contributed by atoms with Crippen LogP contribution in [0.3, 0.4) is 0 Å². The lowest BCUT2D eigenvalue weighted by Crippen LogP contribution is -2.39. The van der Waals surface area contributed by atoms with Crippen LogP contribution in [-0.4, -0.2) is 51.5 Å². The zero-order valence-electron chi connectivity index (χ0n) is 16.1. The minimum Gasteiger partial charge on any atom is -0.379 e. The summed E-state index contributed by atoms with van der Waals surface area (Å²) in [4.78, 5) is 4.71. The van der Waals surface area contributed by atoms with Gasteiger partial charge in [-0.25, -0.2) is 0 Å². The molecular formula is C19H38IN3O2. The maximum Gasteiger partial charge on any atom is 0.191 e. The Labute approximate surface area is 171 Å². The summed E-state index contributed by atoms with van der Waals surface area (Å²) in [5.41, 5.74) is 0. The predicted molar refractivity (Wildman–Crippen MR) is 115 cm³/mol. The first-order valence-electron chi connectivity index (χ1n) is 10.0. The van der Waals surface area contributed by atoms with E-state index >= 15 is 0 Å². The van der Waals surface area contributed by atoms with Crippen LogP contribution >= 0.6 is 24.0 Å². The van der Waals surface area contributed by atoms with Crippen molar-refractivity contribution < 1.29 is 9.47 Å². The molecule has 2 rings (SSSR count). The molecule has 0 spiro atoms. The summed E-state index contributed by atoms with van der Waals surface area (Å²) in [6, 6.07) is 0. The smallest absolute Gasteiger partial charge is 0.191 e. The van der Waals surface area contributed by atoms with Crippen LogP contribution in [0.2, 0.25) is 0 Å². The number of aliphatic imine (C=N–C) groups is 1. The molecule has 0 heterocycles. The van der Waals surface area contributed by atoms with Gasteiger partial charge in [0.05, 0.1) is 12.7 Å². The molecule has 1 unspecified atom stereocenters. The molecule has 2 aliphatic rings. The van der Waals surface area contributed by atoms with Gasteiger partial charge in [0.1, 0.15) is 0 Å². The van der Waals surface area contributed by atoms with E-state index in [4.69, 9.17) is 14.5 Å². The fourth-order valence-electron chi connectivity index (χ4n) is 3.42. The fourth-order valence-corrected chi connectivity index (χ4v) is 3.42. The number of guanidine groups is 1. The van der Waals surface area contributed by atoms with Crippen molar-refractivity contribution in [2.45, 2.75) is 64.9 Å². The van der Waals surface area contributed by atoms with Crippen LogP contribution in [0.1, 0.15) is 58.8 Å². The molecule has 25 heavy (non-hydrogen) atoms.